The Morgan fingerprint density at radius 2 is 1.89 bits per heavy atom. The Labute approximate surface area is 106 Å². The Balaban J connectivity index is 2.62. The van der Waals surface area contributed by atoms with Crippen molar-refractivity contribution in [1.82, 2.24) is 5.32 Å². The molecule has 2 amide bonds. The molecule has 6 heteroatoms. The first-order valence-corrected chi connectivity index (χ1v) is 6.15. The number of carboxylic acid groups (broad SMARTS) is 1. The second-order valence-electron chi connectivity index (χ2n) is 5.08. The van der Waals surface area contributed by atoms with Crippen LogP contribution in [0.2, 0.25) is 0 Å². The Bertz CT molecular complexity index is 369. The molecule has 0 heterocycles. The van der Waals surface area contributed by atoms with Gasteiger partial charge in [0.25, 0.3) is 0 Å². The van der Waals surface area contributed by atoms with Crippen LogP contribution in [-0.4, -0.2) is 28.4 Å². The average Bonchev–Trinajstić information content (AvgIpc) is 2.77. The molecule has 1 rings (SSSR count). The third-order valence-electron chi connectivity index (χ3n) is 3.80. The van der Waals surface area contributed by atoms with E-state index in [1.54, 1.807) is 13.8 Å². The zero-order valence-corrected chi connectivity index (χ0v) is 10.7. The summed E-state index contributed by atoms with van der Waals surface area (Å²) in [5.41, 5.74) is 4.20. The first-order valence-electron chi connectivity index (χ1n) is 6.15. The molecule has 1 saturated carbocycles. The third-order valence-corrected chi connectivity index (χ3v) is 3.80. The number of hydrogen-bond acceptors (Lipinski definition) is 3. The number of rotatable bonds is 5. The van der Waals surface area contributed by atoms with Gasteiger partial charge in [-0.25, -0.2) is 0 Å². The van der Waals surface area contributed by atoms with Crippen molar-refractivity contribution in [1.29, 1.82) is 0 Å². The first-order chi connectivity index (χ1) is 8.30. The van der Waals surface area contributed by atoms with Gasteiger partial charge < -0.3 is 16.2 Å². The molecule has 1 unspecified atom stereocenters. The van der Waals surface area contributed by atoms with Crippen LogP contribution in [0.1, 0.15) is 39.5 Å². The van der Waals surface area contributed by atoms with Gasteiger partial charge in [-0.15, -0.1) is 0 Å². The van der Waals surface area contributed by atoms with E-state index in [2.05, 4.69) is 5.32 Å². The SMILES string of the molecule is CCC(C)(NC(=O)[C@@H]1CC[C@H](C(=O)O)C1)C(N)=O. The molecule has 0 aromatic rings. The summed E-state index contributed by atoms with van der Waals surface area (Å²) in [7, 11) is 0. The predicted molar refractivity (Wildman–Crippen MR) is 64.5 cm³/mol. The molecule has 4 N–H and O–H groups in total. The highest BCUT2D eigenvalue weighted by Gasteiger charge is 2.38. The van der Waals surface area contributed by atoms with Gasteiger partial charge in [-0.05, 0) is 32.6 Å². The fourth-order valence-corrected chi connectivity index (χ4v) is 2.14. The zero-order chi connectivity index (χ0) is 13.9. The Morgan fingerprint density at radius 1 is 1.33 bits per heavy atom. The van der Waals surface area contributed by atoms with Gasteiger partial charge in [0.15, 0.2) is 0 Å². The number of carboxylic acids is 1. The van der Waals surface area contributed by atoms with Gasteiger partial charge in [0, 0.05) is 5.92 Å². The van der Waals surface area contributed by atoms with E-state index in [1.807, 2.05) is 0 Å². The van der Waals surface area contributed by atoms with E-state index in [0.717, 1.165) is 0 Å². The minimum absolute atomic E-state index is 0.276. The van der Waals surface area contributed by atoms with Gasteiger partial charge in [-0.1, -0.05) is 6.92 Å². The lowest BCUT2D eigenvalue weighted by molar-refractivity contribution is -0.141. The third kappa shape index (κ3) is 3.00. The van der Waals surface area contributed by atoms with Crippen LogP contribution < -0.4 is 11.1 Å². The summed E-state index contributed by atoms with van der Waals surface area (Å²) in [5.74, 6) is -2.51. The number of nitrogens with two attached hydrogens (primary N) is 1. The lowest BCUT2D eigenvalue weighted by atomic mass is 9.95. The van der Waals surface area contributed by atoms with E-state index >= 15 is 0 Å². The molecule has 102 valence electrons. The summed E-state index contributed by atoms with van der Waals surface area (Å²) >= 11 is 0. The maximum atomic E-state index is 12.0. The fourth-order valence-electron chi connectivity index (χ4n) is 2.14. The number of nitrogens with one attached hydrogen (secondary N) is 1. The van der Waals surface area contributed by atoms with Gasteiger partial charge in [-0.3, -0.25) is 14.4 Å². The Kier molecular flexibility index (Phi) is 4.32. The summed E-state index contributed by atoms with van der Waals surface area (Å²) in [6.45, 7) is 3.34. The van der Waals surface area contributed by atoms with E-state index in [-0.39, 0.29) is 11.8 Å². The highest BCUT2D eigenvalue weighted by Crippen LogP contribution is 2.31. The van der Waals surface area contributed by atoms with E-state index in [0.29, 0.717) is 25.7 Å². The van der Waals surface area contributed by atoms with Gasteiger partial charge in [0.2, 0.25) is 11.8 Å². The summed E-state index contributed by atoms with van der Waals surface area (Å²) in [6.07, 6.45) is 1.79. The van der Waals surface area contributed by atoms with Crippen molar-refractivity contribution >= 4 is 17.8 Å². The van der Waals surface area contributed by atoms with Crippen LogP contribution in [0.3, 0.4) is 0 Å². The van der Waals surface area contributed by atoms with E-state index in [1.165, 1.54) is 0 Å². The molecule has 0 bridgehead atoms. The van der Waals surface area contributed by atoms with Crippen molar-refractivity contribution in [3.8, 4) is 0 Å². The number of aliphatic carboxylic acids is 1. The van der Waals surface area contributed by atoms with Crippen molar-refractivity contribution < 1.29 is 19.5 Å². The van der Waals surface area contributed by atoms with E-state index in [4.69, 9.17) is 10.8 Å². The molecule has 3 atom stereocenters. The van der Waals surface area contributed by atoms with Crippen molar-refractivity contribution in [2.45, 2.75) is 45.1 Å². The molecule has 18 heavy (non-hydrogen) atoms. The largest absolute Gasteiger partial charge is 0.481 e. The lowest BCUT2D eigenvalue weighted by Crippen LogP contribution is -2.56. The molecule has 0 radical (unpaired) electrons. The van der Waals surface area contributed by atoms with Gasteiger partial charge >= 0.3 is 5.97 Å². The molecule has 6 nitrogen and oxygen atoms in total. The maximum Gasteiger partial charge on any atom is 0.306 e. The van der Waals surface area contributed by atoms with Crippen LogP contribution in [0, 0.1) is 11.8 Å². The van der Waals surface area contributed by atoms with Gasteiger partial charge in [0.05, 0.1) is 5.92 Å². The minimum Gasteiger partial charge on any atom is -0.481 e. The standard InChI is InChI=1S/C12H20N2O4/c1-3-12(2,11(13)18)14-9(15)7-4-5-8(6-7)10(16)17/h7-8H,3-6H2,1-2H3,(H2,13,18)(H,14,15)(H,16,17)/t7-,8+,12?/m1/s1. The highest BCUT2D eigenvalue weighted by atomic mass is 16.4. The molecule has 0 aliphatic heterocycles. The number of amides is 2. The Morgan fingerprint density at radius 3 is 2.28 bits per heavy atom. The molecular weight excluding hydrogens is 236 g/mol. The topological polar surface area (TPSA) is 109 Å². The van der Waals surface area contributed by atoms with Crippen molar-refractivity contribution in [2.75, 3.05) is 0 Å². The average molecular weight is 256 g/mol. The highest BCUT2D eigenvalue weighted by molar-refractivity contribution is 5.91. The summed E-state index contributed by atoms with van der Waals surface area (Å²) in [4.78, 5) is 34.1. The summed E-state index contributed by atoms with van der Waals surface area (Å²) < 4.78 is 0. The van der Waals surface area contributed by atoms with Crippen LogP contribution in [0.25, 0.3) is 0 Å². The summed E-state index contributed by atoms with van der Waals surface area (Å²) in [5, 5.41) is 11.5. The van der Waals surface area contributed by atoms with Crippen molar-refractivity contribution in [3.63, 3.8) is 0 Å². The molecule has 1 aliphatic rings. The summed E-state index contributed by atoms with van der Waals surface area (Å²) in [6, 6.07) is 0. The van der Waals surface area contributed by atoms with E-state index in [9.17, 15) is 14.4 Å². The fraction of sp³-hybridized carbons (Fsp3) is 0.750. The number of primary amides is 1. The molecule has 0 spiro atoms. The molecule has 0 aromatic carbocycles. The van der Waals surface area contributed by atoms with Crippen LogP contribution >= 0.6 is 0 Å². The minimum atomic E-state index is -1.06. The van der Waals surface area contributed by atoms with E-state index < -0.39 is 23.3 Å². The first kappa shape index (κ1) is 14.5. The molecule has 1 fully saturated rings. The van der Waals surface area contributed by atoms with Crippen LogP contribution in [0.15, 0.2) is 0 Å². The second-order valence-corrected chi connectivity index (χ2v) is 5.08. The monoisotopic (exact) mass is 256 g/mol. The number of hydrogen-bond donors (Lipinski definition) is 3. The predicted octanol–water partition coefficient (Wildman–Crippen LogP) is 0.258. The number of carbonyl (C=O) groups is 3. The molecule has 0 saturated heterocycles. The van der Waals surface area contributed by atoms with Gasteiger partial charge in [-0.2, -0.15) is 0 Å². The van der Waals surface area contributed by atoms with Crippen LogP contribution in [0.4, 0.5) is 0 Å². The molecule has 1 aliphatic carbocycles. The molecule has 0 aromatic heterocycles. The van der Waals surface area contributed by atoms with Crippen LogP contribution in [0.5, 0.6) is 0 Å². The quantitative estimate of drug-likeness (QED) is 0.655. The maximum absolute atomic E-state index is 12.0. The normalized spacial score (nSPS) is 26.3. The van der Waals surface area contributed by atoms with Crippen molar-refractivity contribution in [2.24, 2.45) is 17.6 Å². The number of carbonyl (C=O) groups excluding carboxylic acids is 2. The molecular formula is C12H20N2O4. The van der Waals surface area contributed by atoms with Gasteiger partial charge in [0.1, 0.15) is 5.54 Å². The Hall–Kier alpha value is -1.59. The second kappa shape index (κ2) is 5.37. The van der Waals surface area contributed by atoms with Crippen molar-refractivity contribution in [3.05, 3.63) is 0 Å². The smallest absolute Gasteiger partial charge is 0.306 e. The van der Waals surface area contributed by atoms with Crippen LogP contribution in [-0.2, 0) is 14.4 Å². The zero-order valence-electron chi connectivity index (χ0n) is 10.7. The lowest BCUT2D eigenvalue weighted by Gasteiger charge is -2.27.